The summed E-state index contributed by atoms with van der Waals surface area (Å²) in [5, 5.41) is 8.88. The van der Waals surface area contributed by atoms with Crippen LogP contribution in [0.5, 0.6) is 0 Å². The van der Waals surface area contributed by atoms with Gasteiger partial charge in [-0.2, -0.15) is 0 Å². The predicted molar refractivity (Wildman–Crippen MR) is 103 cm³/mol. The van der Waals surface area contributed by atoms with E-state index in [1.165, 1.54) is 42.1 Å². The molecule has 0 fully saturated rings. The average Bonchev–Trinajstić information content (AvgIpc) is 2.45. The van der Waals surface area contributed by atoms with E-state index in [0.29, 0.717) is 0 Å². The lowest BCUT2D eigenvalue weighted by molar-refractivity contribution is -0.131. The Bertz CT molecular complexity index is 595. The zero-order valence-electron chi connectivity index (χ0n) is 15.9. The van der Waals surface area contributed by atoms with Gasteiger partial charge in [0.1, 0.15) is 0 Å². The predicted octanol–water partition coefficient (Wildman–Crippen LogP) is 6.38. The first-order valence-electron chi connectivity index (χ1n) is 8.93. The van der Waals surface area contributed by atoms with Crippen molar-refractivity contribution in [3.8, 4) is 0 Å². The molecule has 0 amide bonds. The van der Waals surface area contributed by atoms with Crippen molar-refractivity contribution in [2.75, 3.05) is 0 Å². The highest BCUT2D eigenvalue weighted by atomic mass is 16.4. The van der Waals surface area contributed by atoms with Crippen LogP contribution in [0.15, 0.2) is 58.7 Å². The van der Waals surface area contributed by atoms with Gasteiger partial charge in [0.15, 0.2) is 0 Å². The lowest BCUT2D eigenvalue weighted by Gasteiger charge is -2.32. The minimum Gasteiger partial charge on any atom is -0.478 e. The molecule has 0 heterocycles. The van der Waals surface area contributed by atoms with Gasteiger partial charge >= 0.3 is 5.97 Å². The fourth-order valence-corrected chi connectivity index (χ4v) is 3.26. The summed E-state index contributed by atoms with van der Waals surface area (Å²) < 4.78 is 0. The summed E-state index contributed by atoms with van der Waals surface area (Å²) in [5.41, 5.74) is 5.24. The van der Waals surface area contributed by atoms with Gasteiger partial charge < -0.3 is 5.11 Å². The van der Waals surface area contributed by atoms with Crippen LogP contribution in [-0.4, -0.2) is 11.1 Å². The number of rotatable bonds is 7. The Hall–Kier alpha value is -1.83. The van der Waals surface area contributed by atoms with Crippen molar-refractivity contribution in [3.05, 3.63) is 58.7 Å². The molecule has 2 nitrogen and oxygen atoms in total. The first-order chi connectivity index (χ1) is 11.3. The molecule has 132 valence electrons. The van der Waals surface area contributed by atoms with E-state index in [2.05, 4.69) is 46.8 Å². The highest BCUT2D eigenvalue weighted by Crippen LogP contribution is 2.40. The van der Waals surface area contributed by atoms with E-state index >= 15 is 0 Å². The van der Waals surface area contributed by atoms with Crippen LogP contribution in [0.25, 0.3) is 0 Å². The van der Waals surface area contributed by atoms with Gasteiger partial charge in [-0.3, -0.25) is 0 Å². The maximum Gasteiger partial charge on any atom is 0.328 e. The third-order valence-corrected chi connectivity index (χ3v) is 4.57. The molecule has 0 aromatic carbocycles. The fourth-order valence-electron chi connectivity index (χ4n) is 3.26. The van der Waals surface area contributed by atoms with Crippen LogP contribution in [0.4, 0.5) is 0 Å². The lowest BCUT2D eigenvalue weighted by Crippen LogP contribution is -2.19. The molecule has 0 radical (unpaired) electrons. The minimum atomic E-state index is -0.884. The van der Waals surface area contributed by atoms with Gasteiger partial charge in [-0.15, -0.1) is 0 Å². The van der Waals surface area contributed by atoms with E-state index in [0.717, 1.165) is 18.4 Å². The summed E-state index contributed by atoms with van der Waals surface area (Å²) in [6, 6.07) is 0. The van der Waals surface area contributed by atoms with Crippen LogP contribution in [0.3, 0.4) is 0 Å². The summed E-state index contributed by atoms with van der Waals surface area (Å²) in [6.07, 6.45) is 17.0. The summed E-state index contributed by atoms with van der Waals surface area (Å²) >= 11 is 0. The van der Waals surface area contributed by atoms with E-state index in [1.54, 1.807) is 0 Å². The monoisotopic (exact) mass is 328 g/mol. The highest BCUT2D eigenvalue weighted by molar-refractivity contribution is 5.81. The van der Waals surface area contributed by atoms with Gasteiger partial charge in [-0.25, -0.2) is 4.79 Å². The quantitative estimate of drug-likeness (QED) is 0.434. The molecule has 0 aromatic heterocycles. The van der Waals surface area contributed by atoms with Gasteiger partial charge in [0.25, 0.3) is 0 Å². The van der Waals surface area contributed by atoms with Crippen LogP contribution in [0.2, 0.25) is 0 Å². The van der Waals surface area contributed by atoms with Crippen LogP contribution in [0, 0.1) is 5.41 Å². The second-order valence-corrected chi connectivity index (χ2v) is 7.34. The number of hydrogen-bond donors (Lipinski definition) is 1. The van der Waals surface area contributed by atoms with E-state index < -0.39 is 5.97 Å². The minimum absolute atomic E-state index is 0.257. The summed E-state index contributed by atoms with van der Waals surface area (Å²) in [7, 11) is 0. The second-order valence-electron chi connectivity index (χ2n) is 7.34. The van der Waals surface area contributed by atoms with Crippen LogP contribution < -0.4 is 0 Å². The lowest BCUT2D eigenvalue weighted by atomic mass is 9.72. The summed E-state index contributed by atoms with van der Waals surface area (Å²) in [5.74, 6) is -0.884. The Balaban J connectivity index is 2.83. The highest BCUT2D eigenvalue weighted by Gasteiger charge is 2.26. The first-order valence-corrected chi connectivity index (χ1v) is 8.93. The fraction of sp³-hybridized carbons (Fsp3) is 0.500. The number of hydrogen-bond acceptors (Lipinski definition) is 1. The second kappa shape index (κ2) is 9.46. The average molecular weight is 328 g/mol. The van der Waals surface area contributed by atoms with E-state index in [4.69, 9.17) is 5.11 Å². The molecule has 0 saturated heterocycles. The van der Waals surface area contributed by atoms with Crippen molar-refractivity contribution in [1.82, 2.24) is 0 Å². The van der Waals surface area contributed by atoms with Gasteiger partial charge in [-0.1, -0.05) is 68.7 Å². The molecule has 1 N–H and O–H groups in total. The summed E-state index contributed by atoms with van der Waals surface area (Å²) in [6.45, 7) is 11.0. The Morgan fingerprint density at radius 3 is 2.58 bits per heavy atom. The third kappa shape index (κ3) is 6.74. The first kappa shape index (κ1) is 20.2. The number of carboxylic acid groups (broad SMARTS) is 1. The smallest absolute Gasteiger partial charge is 0.328 e. The molecule has 0 bridgehead atoms. The molecule has 24 heavy (non-hydrogen) atoms. The maximum absolute atomic E-state index is 10.8. The number of carboxylic acids is 1. The van der Waals surface area contributed by atoms with Crippen LogP contribution >= 0.6 is 0 Å². The zero-order chi connectivity index (χ0) is 18.2. The topological polar surface area (TPSA) is 37.3 Å². The Morgan fingerprint density at radius 1 is 1.29 bits per heavy atom. The molecule has 1 aliphatic carbocycles. The van der Waals surface area contributed by atoms with Gasteiger partial charge in [-0.05, 0) is 56.1 Å². The maximum atomic E-state index is 10.8. The summed E-state index contributed by atoms with van der Waals surface area (Å²) in [4.78, 5) is 10.8. The SMILES string of the molecule is CCCC(/C=C/C=C(C)/C=C/C1=C(C)CCCC1(C)C)=C\C(=O)O. The largest absolute Gasteiger partial charge is 0.478 e. The molecule has 0 aromatic rings. The molecule has 0 aliphatic heterocycles. The molecule has 0 saturated carbocycles. The van der Waals surface area contributed by atoms with Gasteiger partial charge in [0, 0.05) is 6.08 Å². The normalized spacial score (nSPS) is 19.5. The number of aliphatic carboxylic acids is 1. The Morgan fingerprint density at radius 2 is 2.00 bits per heavy atom. The van der Waals surface area contributed by atoms with Crippen molar-refractivity contribution in [2.45, 2.75) is 66.7 Å². The molecular formula is C22H32O2. The van der Waals surface area contributed by atoms with E-state index in [1.807, 2.05) is 18.2 Å². The zero-order valence-corrected chi connectivity index (χ0v) is 15.9. The van der Waals surface area contributed by atoms with Gasteiger partial charge in [0.2, 0.25) is 0 Å². The standard InChI is InChI=1S/C22H32O2/c1-6-9-19(16-21(23)24)12-7-10-17(2)13-14-20-18(3)11-8-15-22(20,4)5/h7,10,12-14,16H,6,8-9,11,15H2,1-5H3,(H,23,24)/b12-7+,14-13+,17-10+,19-16+. The van der Waals surface area contributed by atoms with Crippen molar-refractivity contribution < 1.29 is 9.90 Å². The van der Waals surface area contributed by atoms with Gasteiger partial charge in [0.05, 0.1) is 0 Å². The Kier molecular flexibility index (Phi) is 7.97. The van der Waals surface area contributed by atoms with Crippen molar-refractivity contribution in [2.24, 2.45) is 5.41 Å². The van der Waals surface area contributed by atoms with Crippen molar-refractivity contribution in [1.29, 1.82) is 0 Å². The molecular weight excluding hydrogens is 296 g/mol. The van der Waals surface area contributed by atoms with Crippen molar-refractivity contribution in [3.63, 3.8) is 0 Å². The number of allylic oxidation sites excluding steroid dienone is 9. The van der Waals surface area contributed by atoms with E-state index in [-0.39, 0.29) is 5.41 Å². The van der Waals surface area contributed by atoms with Crippen molar-refractivity contribution >= 4 is 5.97 Å². The van der Waals surface area contributed by atoms with E-state index in [9.17, 15) is 4.79 Å². The molecule has 1 rings (SSSR count). The molecule has 2 heteroatoms. The molecule has 0 unspecified atom stereocenters. The Labute approximate surface area is 147 Å². The van der Waals surface area contributed by atoms with Crippen LogP contribution in [0.1, 0.15) is 66.7 Å². The molecule has 1 aliphatic rings. The molecule has 0 atom stereocenters. The van der Waals surface area contributed by atoms with Crippen LogP contribution in [-0.2, 0) is 4.79 Å². The number of carbonyl (C=O) groups is 1. The third-order valence-electron chi connectivity index (χ3n) is 4.57. The molecule has 0 spiro atoms.